The summed E-state index contributed by atoms with van der Waals surface area (Å²) in [5, 5.41) is 4.50. The minimum absolute atomic E-state index is 0.139. The summed E-state index contributed by atoms with van der Waals surface area (Å²) in [4.78, 5) is 0. The van der Waals surface area contributed by atoms with E-state index >= 15 is 0 Å². The molecule has 1 aliphatic rings. The second kappa shape index (κ2) is 4.15. The second-order valence-electron chi connectivity index (χ2n) is 4.88. The van der Waals surface area contributed by atoms with Gasteiger partial charge in [0.2, 0.25) is 0 Å². The Bertz CT molecular complexity index is 540. The molecule has 0 radical (unpaired) electrons. The minimum atomic E-state index is -0.139. The van der Waals surface area contributed by atoms with Crippen molar-refractivity contribution in [1.29, 1.82) is 0 Å². The summed E-state index contributed by atoms with van der Waals surface area (Å²) < 4.78 is 15.7. The van der Waals surface area contributed by atoms with Crippen LogP contribution in [0.1, 0.15) is 25.0 Å². The topological polar surface area (TPSA) is 17.0 Å². The molecule has 2 nitrogen and oxygen atoms in total. The van der Waals surface area contributed by atoms with Crippen LogP contribution >= 0.6 is 0 Å². The number of halogens is 1. The summed E-state index contributed by atoms with van der Waals surface area (Å²) in [5.74, 6) is -0.139. The molecule has 0 spiro atoms. The summed E-state index contributed by atoms with van der Waals surface area (Å²) in [6, 6.07) is 7.99. The molecule has 0 saturated heterocycles. The van der Waals surface area contributed by atoms with E-state index < -0.39 is 0 Å². The maximum absolute atomic E-state index is 13.7. The zero-order valence-corrected chi connectivity index (χ0v) is 10.0. The monoisotopic (exact) mass is 232 g/mol. The van der Waals surface area contributed by atoms with Gasteiger partial charge in [-0.05, 0) is 25.0 Å². The van der Waals surface area contributed by atoms with Crippen LogP contribution in [-0.2, 0) is 13.6 Å². The third-order valence-corrected chi connectivity index (χ3v) is 3.78. The number of benzene rings is 1. The number of aromatic nitrogens is 1. The van der Waals surface area contributed by atoms with Crippen LogP contribution in [0.2, 0.25) is 0 Å². The SMILES string of the molecule is Cn1c(CNC2CCC2)cc2cccc(F)c21. The van der Waals surface area contributed by atoms with Gasteiger partial charge in [0.05, 0.1) is 5.52 Å². The molecule has 3 rings (SSSR count). The van der Waals surface area contributed by atoms with Crippen LogP contribution in [0, 0.1) is 5.82 Å². The van der Waals surface area contributed by atoms with Crippen molar-refractivity contribution in [3.63, 3.8) is 0 Å². The highest BCUT2D eigenvalue weighted by Crippen LogP contribution is 2.23. The van der Waals surface area contributed by atoms with Gasteiger partial charge in [0.25, 0.3) is 0 Å². The van der Waals surface area contributed by atoms with Crippen molar-refractivity contribution in [1.82, 2.24) is 9.88 Å². The lowest BCUT2D eigenvalue weighted by Gasteiger charge is -2.26. The zero-order valence-electron chi connectivity index (χ0n) is 10.0. The van der Waals surface area contributed by atoms with E-state index in [0.29, 0.717) is 11.6 Å². The minimum Gasteiger partial charge on any atom is -0.344 e. The Morgan fingerprint density at radius 1 is 1.41 bits per heavy atom. The average molecular weight is 232 g/mol. The number of hydrogen-bond donors (Lipinski definition) is 1. The van der Waals surface area contributed by atoms with E-state index in [4.69, 9.17) is 0 Å². The first kappa shape index (κ1) is 10.8. The molecule has 0 atom stereocenters. The molecule has 1 saturated carbocycles. The number of hydrogen-bond acceptors (Lipinski definition) is 1. The Balaban J connectivity index is 1.88. The van der Waals surface area contributed by atoms with Crippen molar-refractivity contribution >= 4 is 10.9 Å². The number of fused-ring (bicyclic) bond motifs is 1. The lowest BCUT2D eigenvalue weighted by Crippen LogP contribution is -2.34. The summed E-state index contributed by atoms with van der Waals surface area (Å²) in [7, 11) is 1.93. The highest BCUT2D eigenvalue weighted by atomic mass is 19.1. The Morgan fingerprint density at radius 3 is 2.88 bits per heavy atom. The van der Waals surface area contributed by atoms with Crippen molar-refractivity contribution in [2.24, 2.45) is 7.05 Å². The Labute approximate surface area is 100 Å². The van der Waals surface area contributed by atoms with Crippen molar-refractivity contribution in [3.8, 4) is 0 Å². The molecule has 2 aromatic rings. The standard InChI is InChI=1S/C14H17FN2/c1-17-12(9-16-11-5-3-6-11)8-10-4-2-7-13(15)14(10)17/h2,4,7-8,11,16H,3,5-6,9H2,1H3. The summed E-state index contributed by atoms with van der Waals surface area (Å²) in [5.41, 5.74) is 1.86. The van der Waals surface area contributed by atoms with Crippen LogP contribution in [0.3, 0.4) is 0 Å². The molecule has 1 aromatic heterocycles. The van der Waals surface area contributed by atoms with Gasteiger partial charge >= 0.3 is 0 Å². The lowest BCUT2D eigenvalue weighted by atomic mass is 9.93. The second-order valence-corrected chi connectivity index (χ2v) is 4.88. The van der Waals surface area contributed by atoms with Crippen LogP contribution in [0.5, 0.6) is 0 Å². The predicted molar refractivity (Wildman–Crippen MR) is 67.4 cm³/mol. The molecule has 1 fully saturated rings. The molecular formula is C14H17FN2. The van der Waals surface area contributed by atoms with Crippen molar-refractivity contribution in [2.75, 3.05) is 0 Å². The van der Waals surface area contributed by atoms with E-state index in [1.54, 1.807) is 6.07 Å². The van der Waals surface area contributed by atoms with Gasteiger partial charge in [0.15, 0.2) is 0 Å². The van der Waals surface area contributed by atoms with Gasteiger partial charge < -0.3 is 9.88 Å². The Kier molecular flexibility index (Phi) is 2.63. The largest absolute Gasteiger partial charge is 0.344 e. The number of nitrogens with one attached hydrogen (secondary N) is 1. The quantitative estimate of drug-likeness (QED) is 0.861. The van der Waals surface area contributed by atoms with E-state index in [1.807, 2.05) is 17.7 Å². The van der Waals surface area contributed by atoms with Gasteiger partial charge in [-0.25, -0.2) is 4.39 Å². The van der Waals surface area contributed by atoms with Gasteiger partial charge in [-0.15, -0.1) is 0 Å². The smallest absolute Gasteiger partial charge is 0.147 e. The molecule has 1 N–H and O–H groups in total. The Morgan fingerprint density at radius 2 is 2.24 bits per heavy atom. The number of aryl methyl sites for hydroxylation is 1. The van der Waals surface area contributed by atoms with E-state index in [-0.39, 0.29) is 5.82 Å². The fraction of sp³-hybridized carbons (Fsp3) is 0.429. The normalized spacial score (nSPS) is 16.4. The highest BCUT2D eigenvalue weighted by molar-refractivity contribution is 5.81. The third kappa shape index (κ3) is 1.84. The average Bonchev–Trinajstić information content (AvgIpc) is 2.55. The van der Waals surface area contributed by atoms with Crippen LogP contribution in [-0.4, -0.2) is 10.6 Å². The third-order valence-electron chi connectivity index (χ3n) is 3.78. The van der Waals surface area contributed by atoms with E-state index in [9.17, 15) is 4.39 Å². The molecule has 17 heavy (non-hydrogen) atoms. The number of nitrogens with zero attached hydrogens (tertiary/aromatic N) is 1. The number of para-hydroxylation sites is 1. The van der Waals surface area contributed by atoms with Gasteiger partial charge in [-0.2, -0.15) is 0 Å². The molecule has 0 aliphatic heterocycles. The molecule has 3 heteroatoms. The summed E-state index contributed by atoms with van der Waals surface area (Å²) in [6.07, 6.45) is 3.89. The van der Waals surface area contributed by atoms with Crippen molar-refractivity contribution < 1.29 is 4.39 Å². The molecule has 1 aromatic carbocycles. The number of rotatable bonds is 3. The van der Waals surface area contributed by atoms with Gasteiger partial charge in [0, 0.05) is 30.7 Å². The molecule has 1 aliphatic carbocycles. The highest BCUT2D eigenvalue weighted by Gasteiger charge is 2.17. The molecule has 1 heterocycles. The maximum atomic E-state index is 13.7. The Hall–Kier alpha value is -1.35. The van der Waals surface area contributed by atoms with E-state index in [0.717, 1.165) is 17.6 Å². The first-order chi connectivity index (χ1) is 8.25. The van der Waals surface area contributed by atoms with Crippen molar-refractivity contribution in [2.45, 2.75) is 31.8 Å². The molecule has 0 unspecified atom stereocenters. The lowest BCUT2D eigenvalue weighted by molar-refractivity contribution is 0.336. The van der Waals surface area contributed by atoms with Gasteiger partial charge in [-0.1, -0.05) is 18.6 Å². The molecule has 0 bridgehead atoms. The predicted octanol–water partition coefficient (Wildman–Crippen LogP) is 2.96. The summed E-state index contributed by atoms with van der Waals surface area (Å²) in [6.45, 7) is 0.829. The van der Waals surface area contributed by atoms with E-state index in [2.05, 4.69) is 11.4 Å². The zero-order chi connectivity index (χ0) is 11.8. The first-order valence-electron chi connectivity index (χ1n) is 6.22. The molecule has 90 valence electrons. The maximum Gasteiger partial charge on any atom is 0.147 e. The van der Waals surface area contributed by atoms with Gasteiger partial charge in [0.1, 0.15) is 5.82 Å². The molecule has 0 amide bonds. The van der Waals surface area contributed by atoms with E-state index in [1.165, 1.54) is 25.3 Å². The van der Waals surface area contributed by atoms with Crippen LogP contribution in [0.25, 0.3) is 10.9 Å². The fourth-order valence-corrected chi connectivity index (χ4v) is 2.45. The fourth-order valence-electron chi connectivity index (χ4n) is 2.45. The molecular weight excluding hydrogens is 215 g/mol. The first-order valence-corrected chi connectivity index (χ1v) is 6.22. The van der Waals surface area contributed by atoms with Crippen molar-refractivity contribution in [3.05, 3.63) is 35.8 Å². The van der Waals surface area contributed by atoms with Gasteiger partial charge in [-0.3, -0.25) is 0 Å². The van der Waals surface area contributed by atoms with Crippen LogP contribution in [0.4, 0.5) is 4.39 Å². The summed E-state index contributed by atoms with van der Waals surface area (Å²) >= 11 is 0. The van der Waals surface area contributed by atoms with Crippen LogP contribution < -0.4 is 5.32 Å². The van der Waals surface area contributed by atoms with Crippen LogP contribution in [0.15, 0.2) is 24.3 Å².